The maximum absolute atomic E-state index is 10.6. The van der Waals surface area contributed by atoms with E-state index in [4.69, 9.17) is 4.74 Å². The third-order valence-electron chi connectivity index (χ3n) is 1.12. The van der Waals surface area contributed by atoms with Gasteiger partial charge in [-0.15, -0.1) is 5.37 Å². The number of carbonyl (C=O) groups is 1. The fourth-order valence-corrected chi connectivity index (χ4v) is 0.407. The van der Waals surface area contributed by atoms with Crippen molar-refractivity contribution < 1.29 is 9.53 Å². The fourth-order valence-electron chi connectivity index (χ4n) is 0.407. The summed E-state index contributed by atoms with van der Waals surface area (Å²) in [7, 11) is 5.57. The summed E-state index contributed by atoms with van der Waals surface area (Å²) in [5, 5.41) is 1.09. The molecule has 3 nitrogen and oxygen atoms in total. The molecule has 0 aliphatic rings. The van der Waals surface area contributed by atoms with Crippen LogP contribution in [0.25, 0.3) is 0 Å². The van der Waals surface area contributed by atoms with Crippen molar-refractivity contribution in [1.29, 1.82) is 0 Å². The van der Waals surface area contributed by atoms with Gasteiger partial charge in [-0.05, 0) is 0 Å². The standard InChI is InChI=1S/C5H12B3NO2/c1-4(10)9(8)3-11-2-5(6)7/h2H,3,6-8H2,1H3. The van der Waals surface area contributed by atoms with E-state index in [1.54, 1.807) is 14.2 Å². The van der Waals surface area contributed by atoms with Crippen LogP contribution in [0.1, 0.15) is 6.92 Å². The van der Waals surface area contributed by atoms with E-state index in [2.05, 4.69) is 0 Å². The Morgan fingerprint density at radius 2 is 2.18 bits per heavy atom. The van der Waals surface area contributed by atoms with E-state index in [-0.39, 0.29) is 5.91 Å². The lowest BCUT2D eigenvalue weighted by molar-refractivity contribution is -0.126. The molecule has 0 aromatic carbocycles. The summed E-state index contributed by atoms with van der Waals surface area (Å²) < 4.78 is 5.06. The Bertz CT molecular complexity index is 167. The quantitative estimate of drug-likeness (QED) is 0.251. The summed E-state index contributed by atoms with van der Waals surface area (Å²) in [6.07, 6.45) is 1.64. The molecule has 0 heterocycles. The van der Waals surface area contributed by atoms with Crippen LogP contribution in [-0.2, 0) is 9.53 Å². The van der Waals surface area contributed by atoms with Gasteiger partial charge in [0.15, 0.2) is 6.73 Å². The van der Waals surface area contributed by atoms with E-state index in [0.717, 1.165) is 5.37 Å². The Labute approximate surface area is 70.0 Å². The van der Waals surface area contributed by atoms with Crippen molar-refractivity contribution in [3.05, 3.63) is 11.6 Å². The topological polar surface area (TPSA) is 29.5 Å². The molecule has 0 radical (unpaired) electrons. The molecular weight excluding hydrogens is 138 g/mol. The predicted octanol–water partition coefficient (Wildman–Crippen LogP) is -2.58. The van der Waals surface area contributed by atoms with Crippen molar-refractivity contribution in [2.45, 2.75) is 6.92 Å². The maximum atomic E-state index is 10.6. The van der Waals surface area contributed by atoms with Crippen LogP contribution in [0.4, 0.5) is 0 Å². The number of amides is 1. The highest BCUT2D eigenvalue weighted by molar-refractivity contribution is 6.47. The molecule has 0 rings (SSSR count). The molecule has 0 aromatic rings. The Hall–Kier alpha value is -0.795. The number of ether oxygens (including phenoxy) is 1. The van der Waals surface area contributed by atoms with Crippen LogP contribution in [0, 0.1) is 0 Å². The van der Waals surface area contributed by atoms with E-state index in [9.17, 15) is 4.79 Å². The molecule has 58 valence electrons. The zero-order valence-electron chi connectivity index (χ0n) is 7.55. The van der Waals surface area contributed by atoms with Gasteiger partial charge < -0.3 is 9.55 Å². The molecule has 0 fully saturated rings. The van der Waals surface area contributed by atoms with Crippen LogP contribution < -0.4 is 0 Å². The molecule has 0 N–H and O–H groups in total. The minimum atomic E-state index is 0.00663. The SMILES string of the molecule is BC(B)=COCN(B)C(C)=O. The molecule has 0 unspecified atom stereocenters. The first-order valence-corrected chi connectivity index (χ1v) is 3.50. The summed E-state index contributed by atoms with van der Waals surface area (Å²) in [6, 6.07) is 0. The van der Waals surface area contributed by atoms with Crippen molar-refractivity contribution in [2.24, 2.45) is 0 Å². The minimum Gasteiger partial charge on any atom is -0.484 e. The first kappa shape index (κ1) is 10.2. The molecule has 6 heteroatoms. The first-order valence-electron chi connectivity index (χ1n) is 3.50. The van der Waals surface area contributed by atoms with Crippen molar-refractivity contribution >= 4 is 29.6 Å². The summed E-state index contributed by atoms with van der Waals surface area (Å²) in [4.78, 5) is 12.1. The number of rotatable bonds is 3. The van der Waals surface area contributed by atoms with Crippen LogP contribution in [0.2, 0.25) is 0 Å². The summed E-state index contributed by atoms with van der Waals surface area (Å²) in [5.41, 5.74) is 0. The Morgan fingerprint density at radius 3 is 2.55 bits per heavy atom. The lowest BCUT2D eigenvalue weighted by Crippen LogP contribution is -2.27. The molecule has 11 heavy (non-hydrogen) atoms. The minimum absolute atomic E-state index is 0.00663. The zero-order chi connectivity index (χ0) is 8.85. The average Bonchev–Trinajstić information content (AvgIpc) is 1.86. The highest BCUT2D eigenvalue weighted by Crippen LogP contribution is 1.86. The number of hydrogen-bond donors (Lipinski definition) is 0. The van der Waals surface area contributed by atoms with Crippen LogP contribution in [0.5, 0.6) is 0 Å². The molecule has 0 saturated carbocycles. The second kappa shape index (κ2) is 4.94. The van der Waals surface area contributed by atoms with Gasteiger partial charge in [-0.25, -0.2) is 0 Å². The number of carbonyl (C=O) groups excluding carboxylic acids is 1. The Balaban J connectivity index is 3.55. The molecule has 0 saturated heterocycles. The molecule has 0 aliphatic heterocycles. The van der Waals surface area contributed by atoms with Crippen LogP contribution in [0.3, 0.4) is 0 Å². The van der Waals surface area contributed by atoms with E-state index >= 15 is 0 Å². The summed E-state index contributed by atoms with van der Waals surface area (Å²) in [5.74, 6) is 0.00663. The molecule has 0 atom stereocenters. The Kier molecular flexibility index (Phi) is 4.58. The molecule has 0 aromatic heterocycles. The lowest BCUT2D eigenvalue weighted by atomic mass is 9.80. The second-order valence-corrected chi connectivity index (χ2v) is 2.71. The fraction of sp³-hybridized carbons (Fsp3) is 0.400. The maximum Gasteiger partial charge on any atom is 0.225 e. The van der Waals surface area contributed by atoms with Crippen molar-refractivity contribution in [3.63, 3.8) is 0 Å². The first-order chi connectivity index (χ1) is 5.04. The van der Waals surface area contributed by atoms with Gasteiger partial charge in [0.05, 0.1) is 6.26 Å². The van der Waals surface area contributed by atoms with Gasteiger partial charge in [0.1, 0.15) is 15.7 Å². The smallest absolute Gasteiger partial charge is 0.225 e. The van der Waals surface area contributed by atoms with E-state index in [1.165, 1.54) is 11.7 Å². The molecule has 0 spiro atoms. The largest absolute Gasteiger partial charge is 0.484 e. The van der Waals surface area contributed by atoms with Crippen LogP contribution >= 0.6 is 0 Å². The van der Waals surface area contributed by atoms with Crippen molar-refractivity contribution in [3.8, 4) is 0 Å². The average molecular weight is 151 g/mol. The molecule has 0 bridgehead atoms. The van der Waals surface area contributed by atoms with Gasteiger partial charge in [0, 0.05) is 6.92 Å². The van der Waals surface area contributed by atoms with Gasteiger partial charge in [-0.2, -0.15) is 0 Å². The van der Waals surface area contributed by atoms with E-state index < -0.39 is 0 Å². The number of hydrogen-bond acceptors (Lipinski definition) is 2. The van der Waals surface area contributed by atoms with Gasteiger partial charge >= 0.3 is 0 Å². The van der Waals surface area contributed by atoms with Crippen molar-refractivity contribution in [2.75, 3.05) is 6.73 Å². The summed E-state index contributed by atoms with van der Waals surface area (Å²) in [6.45, 7) is 1.83. The molecule has 1 amide bonds. The lowest BCUT2D eigenvalue weighted by Gasteiger charge is -2.14. The third kappa shape index (κ3) is 5.64. The van der Waals surface area contributed by atoms with Crippen LogP contribution in [-0.4, -0.2) is 41.1 Å². The monoisotopic (exact) mass is 151 g/mol. The van der Waals surface area contributed by atoms with Crippen LogP contribution in [0.15, 0.2) is 11.6 Å². The van der Waals surface area contributed by atoms with E-state index in [0.29, 0.717) is 6.73 Å². The van der Waals surface area contributed by atoms with Crippen molar-refractivity contribution in [1.82, 2.24) is 4.81 Å². The normalized spacial score (nSPS) is 8.45. The summed E-state index contributed by atoms with van der Waals surface area (Å²) >= 11 is 0. The number of nitrogens with zero attached hydrogens (tertiary/aromatic N) is 1. The molecule has 0 aliphatic carbocycles. The zero-order valence-corrected chi connectivity index (χ0v) is 7.55. The van der Waals surface area contributed by atoms with Gasteiger partial charge in [0.2, 0.25) is 13.9 Å². The molecular formula is C5H12B3NO2. The van der Waals surface area contributed by atoms with Gasteiger partial charge in [0.25, 0.3) is 0 Å². The second-order valence-electron chi connectivity index (χ2n) is 2.71. The van der Waals surface area contributed by atoms with Gasteiger partial charge in [-0.3, -0.25) is 4.79 Å². The third-order valence-corrected chi connectivity index (χ3v) is 1.12. The Morgan fingerprint density at radius 1 is 1.64 bits per heavy atom. The van der Waals surface area contributed by atoms with E-state index in [1.807, 2.05) is 15.7 Å². The predicted molar refractivity (Wildman–Crippen MR) is 52.2 cm³/mol. The highest BCUT2D eigenvalue weighted by Gasteiger charge is 1.98. The van der Waals surface area contributed by atoms with Gasteiger partial charge in [-0.1, -0.05) is 0 Å². The highest BCUT2D eigenvalue weighted by atomic mass is 16.5.